The Morgan fingerprint density at radius 3 is 3.20 bits per heavy atom. The number of carbonyl (C=O) groups excluding carboxylic acids is 1. The average Bonchev–Trinajstić information content (AvgIpc) is 2.29. The van der Waals surface area contributed by atoms with Crippen LogP contribution >= 0.6 is 0 Å². The van der Waals surface area contributed by atoms with Crippen molar-refractivity contribution >= 4 is 17.9 Å². The van der Waals surface area contributed by atoms with Crippen molar-refractivity contribution in [1.29, 1.82) is 0 Å². The van der Waals surface area contributed by atoms with Crippen molar-refractivity contribution in [2.45, 2.75) is 6.42 Å². The molecule has 0 aliphatic rings. The zero-order valence-corrected chi connectivity index (χ0v) is 8.05. The summed E-state index contributed by atoms with van der Waals surface area (Å²) in [7, 11) is 0. The van der Waals surface area contributed by atoms with E-state index in [4.69, 9.17) is 10.9 Å². The lowest BCUT2D eigenvalue weighted by molar-refractivity contribution is -0.107. The summed E-state index contributed by atoms with van der Waals surface area (Å²) in [6.45, 7) is 0.510. The number of aldehydes is 1. The van der Waals surface area contributed by atoms with Gasteiger partial charge in [-0.05, 0) is 12.1 Å². The minimum atomic E-state index is 0.0239. The van der Waals surface area contributed by atoms with Gasteiger partial charge in [-0.15, -0.1) is 0 Å². The third kappa shape index (κ3) is 3.26. The minimum Gasteiger partial charge on any atom is -0.409 e. The first-order chi connectivity index (χ1) is 7.27. The Balaban J connectivity index is 2.70. The lowest BCUT2D eigenvalue weighted by atomic mass is 10.2. The summed E-state index contributed by atoms with van der Waals surface area (Å²) in [4.78, 5) is 14.1. The van der Waals surface area contributed by atoms with Crippen LogP contribution in [0, 0.1) is 0 Å². The second kappa shape index (κ2) is 5.58. The molecule has 0 bridgehead atoms. The number of pyridine rings is 1. The highest BCUT2D eigenvalue weighted by atomic mass is 16.4. The van der Waals surface area contributed by atoms with E-state index >= 15 is 0 Å². The highest BCUT2D eigenvalue weighted by molar-refractivity contribution is 5.97. The molecule has 1 rings (SSSR count). The number of nitrogens with one attached hydrogen (secondary N) is 1. The van der Waals surface area contributed by atoms with Crippen LogP contribution in [0.1, 0.15) is 12.0 Å². The average molecular weight is 208 g/mol. The number of hydrogen-bond donors (Lipinski definition) is 3. The van der Waals surface area contributed by atoms with Crippen LogP contribution in [0.3, 0.4) is 0 Å². The number of anilines is 1. The van der Waals surface area contributed by atoms with Crippen LogP contribution in [-0.4, -0.2) is 28.9 Å². The Labute approximate surface area is 86.8 Å². The lowest BCUT2D eigenvalue weighted by Crippen LogP contribution is -2.14. The summed E-state index contributed by atoms with van der Waals surface area (Å²) in [5, 5.41) is 14.3. The van der Waals surface area contributed by atoms with Gasteiger partial charge in [0.1, 0.15) is 12.1 Å². The molecule has 6 nitrogen and oxygen atoms in total. The summed E-state index contributed by atoms with van der Waals surface area (Å²) >= 11 is 0. The van der Waals surface area contributed by atoms with Gasteiger partial charge >= 0.3 is 0 Å². The number of amidine groups is 1. The largest absolute Gasteiger partial charge is 0.409 e. The predicted molar refractivity (Wildman–Crippen MR) is 55.9 cm³/mol. The second-order valence-electron chi connectivity index (χ2n) is 2.80. The van der Waals surface area contributed by atoms with E-state index in [0.29, 0.717) is 24.3 Å². The Bertz CT molecular complexity index is 365. The van der Waals surface area contributed by atoms with E-state index in [0.717, 1.165) is 6.29 Å². The smallest absolute Gasteiger partial charge is 0.170 e. The predicted octanol–water partition coefficient (Wildman–Crippen LogP) is 0.177. The van der Waals surface area contributed by atoms with Gasteiger partial charge in [-0.2, -0.15) is 0 Å². The highest BCUT2D eigenvalue weighted by Gasteiger charge is 2.00. The van der Waals surface area contributed by atoms with Gasteiger partial charge in [0.05, 0.1) is 0 Å². The first-order valence-corrected chi connectivity index (χ1v) is 4.39. The SMILES string of the molecule is N/C(=N\O)c1ccnc(NCCC=O)c1. The van der Waals surface area contributed by atoms with Gasteiger partial charge in [0, 0.05) is 24.7 Å². The fraction of sp³-hybridized carbons (Fsp3) is 0.222. The number of nitrogens with two attached hydrogens (primary N) is 1. The summed E-state index contributed by atoms with van der Waals surface area (Å²) in [5.41, 5.74) is 5.98. The molecule has 0 fully saturated rings. The first-order valence-electron chi connectivity index (χ1n) is 4.39. The second-order valence-corrected chi connectivity index (χ2v) is 2.80. The highest BCUT2D eigenvalue weighted by Crippen LogP contribution is 2.06. The zero-order valence-electron chi connectivity index (χ0n) is 8.05. The van der Waals surface area contributed by atoms with Crippen molar-refractivity contribution in [3.8, 4) is 0 Å². The quantitative estimate of drug-likeness (QED) is 0.160. The zero-order chi connectivity index (χ0) is 11.1. The molecule has 0 aromatic carbocycles. The van der Waals surface area contributed by atoms with Crippen LogP contribution in [0.5, 0.6) is 0 Å². The normalized spacial score (nSPS) is 11.1. The van der Waals surface area contributed by atoms with E-state index in [1.165, 1.54) is 6.20 Å². The number of carbonyl (C=O) groups is 1. The van der Waals surface area contributed by atoms with Crippen LogP contribution in [-0.2, 0) is 4.79 Å². The molecule has 0 unspecified atom stereocenters. The summed E-state index contributed by atoms with van der Waals surface area (Å²) in [6, 6.07) is 3.26. The van der Waals surface area contributed by atoms with Gasteiger partial charge < -0.3 is 21.1 Å². The van der Waals surface area contributed by atoms with Gasteiger partial charge in [-0.3, -0.25) is 0 Å². The molecule has 0 saturated heterocycles. The van der Waals surface area contributed by atoms with Crippen LogP contribution < -0.4 is 11.1 Å². The molecule has 0 saturated carbocycles. The van der Waals surface area contributed by atoms with Gasteiger partial charge in [-0.1, -0.05) is 5.16 Å². The van der Waals surface area contributed by atoms with Crippen LogP contribution in [0.2, 0.25) is 0 Å². The molecule has 0 spiro atoms. The number of aromatic nitrogens is 1. The molecule has 4 N–H and O–H groups in total. The Morgan fingerprint density at radius 2 is 2.53 bits per heavy atom. The number of rotatable bonds is 5. The third-order valence-electron chi connectivity index (χ3n) is 1.73. The third-order valence-corrected chi connectivity index (χ3v) is 1.73. The van der Waals surface area contributed by atoms with E-state index in [9.17, 15) is 4.79 Å². The van der Waals surface area contributed by atoms with E-state index < -0.39 is 0 Å². The fourth-order valence-corrected chi connectivity index (χ4v) is 1.00. The molecule has 15 heavy (non-hydrogen) atoms. The van der Waals surface area contributed by atoms with E-state index in [2.05, 4.69) is 15.5 Å². The standard InChI is InChI=1S/C9H12N4O2/c10-9(13-15)7-2-4-12-8(6-7)11-3-1-5-14/h2,4-6,15H,1,3H2,(H2,10,13)(H,11,12). The summed E-state index contributed by atoms with van der Waals surface area (Å²) in [5.74, 6) is 0.608. The molecule has 0 atom stereocenters. The molecular weight excluding hydrogens is 196 g/mol. The van der Waals surface area contributed by atoms with Gasteiger partial charge in [0.2, 0.25) is 0 Å². The number of oxime groups is 1. The molecular formula is C9H12N4O2. The maximum Gasteiger partial charge on any atom is 0.170 e. The summed E-state index contributed by atoms with van der Waals surface area (Å²) in [6.07, 6.45) is 2.77. The monoisotopic (exact) mass is 208 g/mol. The lowest BCUT2D eigenvalue weighted by Gasteiger charge is -2.04. The molecule has 80 valence electrons. The van der Waals surface area contributed by atoms with Crippen molar-refractivity contribution in [3.63, 3.8) is 0 Å². The topological polar surface area (TPSA) is 101 Å². The molecule has 0 aliphatic carbocycles. The Hall–Kier alpha value is -2.11. The van der Waals surface area contributed by atoms with E-state index in [1.54, 1.807) is 12.1 Å². The van der Waals surface area contributed by atoms with Crippen LogP contribution in [0.4, 0.5) is 5.82 Å². The summed E-state index contributed by atoms with van der Waals surface area (Å²) < 4.78 is 0. The molecule has 1 aromatic heterocycles. The maximum absolute atomic E-state index is 10.1. The van der Waals surface area contributed by atoms with E-state index in [1.807, 2.05) is 0 Å². The van der Waals surface area contributed by atoms with Crippen molar-refractivity contribution in [2.24, 2.45) is 10.9 Å². The molecule has 0 aliphatic heterocycles. The van der Waals surface area contributed by atoms with Crippen molar-refractivity contribution < 1.29 is 10.0 Å². The molecule has 6 heteroatoms. The van der Waals surface area contributed by atoms with Crippen LogP contribution in [0.15, 0.2) is 23.5 Å². The maximum atomic E-state index is 10.1. The number of hydrogen-bond acceptors (Lipinski definition) is 5. The van der Waals surface area contributed by atoms with E-state index in [-0.39, 0.29) is 5.84 Å². The van der Waals surface area contributed by atoms with Gasteiger partial charge in [0.15, 0.2) is 5.84 Å². The molecule has 0 amide bonds. The van der Waals surface area contributed by atoms with Crippen molar-refractivity contribution in [1.82, 2.24) is 4.98 Å². The minimum absolute atomic E-state index is 0.0239. The number of nitrogens with zero attached hydrogens (tertiary/aromatic N) is 2. The molecule has 0 radical (unpaired) electrons. The van der Waals surface area contributed by atoms with Crippen molar-refractivity contribution in [3.05, 3.63) is 23.9 Å². The van der Waals surface area contributed by atoms with Crippen molar-refractivity contribution in [2.75, 3.05) is 11.9 Å². The van der Waals surface area contributed by atoms with Gasteiger partial charge in [0.25, 0.3) is 0 Å². The van der Waals surface area contributed by atoms with Gasteiger partial charge in [-0.25, -0.2) is 4.98 Å². The van der Waals surface area contributed by atoms with Crippen LogP contribution in [0.25, 0.3) is 0 Å². The Kier molecular flexibility index (Phi) is 4.08. The molecule has 1 heterocycles. The Morgan fingerprint density at radius 1 is 1.73 bits per heavy atom. The molecule has 1 aromatic rings. The fourth-order valence-electron chi connectivity index (χ4n) is 1.00. The first kappa shape index (κ1) is 11.0.